The van der Waals surface area contributed by atoms with Crippen LogP contribution in [0.2, 0.25) is 0 Å². The van der Waals surface area contributed by atoms with Gasteiger partial charge < -0.3 is 0 Å². The second-order valence-electron chi connectivity index (χ2n) is 3.53. The van der Waals surface area contributed by atoms with Crippen LogP contribution >= 0.6 is 15.9 Å². The standard InChI is InChI=1S/C10H12BrF/c1-10(2,7-12)8-4-3-5-9(11)6-8/h3-6H,7H2,1-2H3. The van der Waals surface area contributed by atoms with Crippen molar-refractivity contribution < 1.29 is 4.39 Å². The molecule has 2 heteroatoms. The molecule has 0 aromatic heterocycles. The number of alkyl halides is 1. The first-order chi connectivity index (χ1) is 5.56. The van der Waals surface area contributed by atoms with Gasteiger partial charge in [0.05, 0.1) is 6.67 Å². The molecule has 0 unspecified atom stereocenters. The van der Waals surface area contributed by atoms with Gasteiger partial charge in [0.2, 0.25) is 0 Å². The van der Waals surface area contributed by atoms with Crippen molar-refractivity contribution in [3.05, 3.63) is 34.3 Å². The van der Waals surface area contributed by atoms with Crippen molar-refractivity contribution in [1.29, 1.82) is 0 Å². The number of benzene rings is 1. The molecule has 0 saturated carbocycles. The molecule has 1 aromatic carbocycles. The first-order valence-corrected chi connectivity index (χ1v) is 4.67. The summed E-state index contributed by atoms with van der Waals surface area (Å²) in [5, 5.41) is 0. The average Bonchev–Trinajstić information content (AvgIpc) is 2.05. The van der Waals surface area contributed by atoms with Crippen molar-refractivity contribution in [3.8, 4) is 0 Å². The van der Waals surface area contributed by atoms with Crippen LogP contribution in [0, 0.1) is 0 Å². The van der Waals surface area contributed by atoms with Gasteiger partial charge in [-0.3, -0.25) is 4.39 Å². The summed E-state index contributed by atoms with van der Waals surface area (Å²) < 4.78 is 13.6. The molecule has 0 aliphatic rings. The third kappa shape index (κ3) is 2.07. The lowest BCUT2D eigenvalue weighted by Crippen LogP contribution is -2.19. The van der Waals surface area contributed by atoms with Crippen LogP contribution in [0.4, 0.5) is 4.39 Å². The molecule has 0 atom stereocenters. The molecule has 1 rings (SSSR count). The first kappa shape index (κ1) is 9.72. The van der Waals surface area contributed by atoms with Gasteiger partial charge in [-0.05, 0) is 17.7 Å². The van der Waals surface area contributed by atoms with Crippen molar-refractivity contribution in [3.63, 3.8) is 0 Å². The average molecular weight is 231 g/mol. The lowest BCUT2D eigenvalue weighted by atomic mass is 9.86. The van der Waals surface area contributed by atoms with E-state index in [9.17, 15) is 4.39 Å². The van der Waals surface area contributed by atoms with Gasteiger partial charge >= 0.3 is 0 Å². The van der Waals surface area contributed by atoms with Crippen LogP contribution in [0.15, 0.2) is 28.7 Å². The summed E-state index contributed by atoms with van der Waals surface area (Å²) in [4.78, 5) is 0. The van der Waals surface area contributed by atoms with E-state index < -0.39 is 0 Å². The van der Waals surface area contributed by atoms with Gasteiger partial charge in [0.15, 0.2) is 0 Å². The van der Waals surface area contributed by atoms with Crippen molar-refractivity contribution in [2.24, 2.45) is 0 Å². The highest BCUT2D eigenvalue weighted by Crippen LogP contribution is 2.25. The summed E-state index contributed by atoms with van der Waals surface area (Å²) in [6.45, 7) is 3.47. The fourth-order valence-corrected chi connectivity index (χ4v) is 1.39. The van der Waals surface area contributed by atoms with E-state index in [1.54, 1.807) is 0 Å². The molecule has 0 nitrogen and oxygen atoms in total. The molecule has 1 aromatic rings. The minimum Gasteiger partial charge on any atom is -0.250 e. The number of hydrogen-bond acceptors (Lipinski definition) is 0. The highest BCUT2D eigenvalue weighted by Gasteiger charge is 2.19. The molecule has 0 spiro atoms. The van der Waals surface area contributed by atoms with Crippen LogP contribution in [0.3, 0.4) is 0 Å². The molecule has 0 amide bonds. The fourth-order valence-electron chi connectivity index (χ4n) is 0.987. The third-order valence-electron chi connectivity index (χ3n) is 1.94. The fraction of sp³-hybridized carbons (Fsp3) is 0.400. The van der Waals surface area contributed by atoms with Gasteiger partial charge in [-0.25, -0.2) is 0 Å². The Kier molecular flexibility index (Phi) is 2.89. The predicted molar refractivity (Wildman–Crippen MR) is 53.1 cm³/mol. The lowest BCUT2D eigenvalue weighted by molar-refractivity contribution is 0.351. The zero-order chi connectivity index (χ0) is 9.19. The molecule has 0 bridgehead atoms. The van der Waals surface area contributed by atoms with E-state index in [4.69, 9.17) is 0 Å². The van der Waals surface area contributed by atoms with Crippen molar-refractivity contribution in [2.45, 2.75) is 19.3 Å². The molecule has 66 valence electrons. The number of halogens is 2. The molecular formula is C10H12BrF. The summed E-state index contributed by atoms with van der Waals surface area (Å²) >= 11 is 3.36. The van der Waals surface area contributed by atoms with Gasteiger partial charge in [-0.2, -0.15) is 0 Å². The zero-order valence-corrected chi connectivity index (χ0v) is 8.86. The molecule has 0 fully saturated rings. The van der Waals surface area contributed by atoms with E-state index in [0.29, 0.717) is 0 Å². The van der Waals surface area contributed by atoms with Crippen molar-refractivity contribution >= 4 is 15.9 Å². The number of rotatable bonds is 2. The normalized spacial score (nSPS) is 11.7. The Morgan fingerprint density at radius 3 is 2.58 bits per heavy atom. The molecule has 0 aliphatic heterocycles. The third-order valence-corrected chi connectivity index (χ3v) is 2.43. The first-order valence-electron chi connectivity index (χ1n) is 3.88. The second kappa shape index (κ2) is 3.56. The van der Waals surface area contributed by atoms with Crippen LogP contribution in [-0.4, -0.2) is 6.67 Å². The molecule has 12 heavy (non-hydrogen) atoms. The topological polar surface area (TPSA) is 0 Å². The Morgan fingerprint density at radius 1 is 1.42 bits per heavy atom. The molecular weight excluding hydrogens is 219 g/mol. The Morgan fingerprint density at radius 2 is 2.08 bits per heavy atom. The maximum absolute atomic E-state index is 12.6. The smallest absolute Gasteiger partial charge is 0.0985 e. The Balaban J connectivity index is 3.03. The van der Waals surface area contributed by atoms with Gasteiger partial charge in [0.25, 0.3) is 0 Å². The zero-order valence-electron chi connectivity index (χ0n) is 7.27. The van der Waals surface area contributed by atoms with E-state index in [0.717, 1.165) is 10.0 Å². The van der Waals surface area contributed by atoms with Crippen LogP contribution in [0.25, 0.3) is 0 Å². The Hall–Kier alpha value is -0.370. The summed E-state index contributed by atoms with van der Waals surface area (Å²) in [5.41, 5.74) is 0.656. The minimum atomic E-state index is -0.371. The number of hydrogen-bond donors (Lipinski definition) is 0. The van der Waals surface area contributed by atoms with Gasteiger partial charge in [-0.15, -0.1) is 0 Å². The quantitative estimate of drug-likeness (QED) is 0.728. The van der Waals surface area contributed by atoms with Crippen molar-refractivity contribution in [1.82, 2.24) is 0 Å². The van der Waals surface area contributed by atoms with E-state index in [2.05, 4.69) is 15.9 Å². The second-order valence-corrected chi connectivity index (χ2v) is 4.44. The minimum absolute atomic E-state index is 0.330. The maximum Gasteiger partial charge on any atom is 0.0985 e. The highest BCUT2D eigenvalue weighted by molar-refractivity contribution is 9.10. The van der Waals surface area contributed by atoms with E-state index >= 15 is 0 Å². The Labute approximate surface area is 80.9 Å². The molecule has 0 N–H and O–H groups in total. The summed E-state index contributed by atoms with van der Waals surface area (Å²) in [7, 11) is 0. The van der Waals surface area contributed by atoms with E-state index in [-0.39, 0.29) is 12.1 Å². The monoisotopic (exact) mass is 230 g/mol. The van der Waals surface area contributed by atoms with Gasteiger partial charge in [0.1, 0.15) is 0 Å². The predicted octanol–water partition coefficient (Wildman–Crippen LogP) is 3.70. The lowest BCUT2D eigenvalue weighted by Gasteiger charge is -2.20. The molecule has 0 aliphatic carbocycles. The Bertz CT molecular complexity index is 268. The molecule has 0 saturated heterocycles. The summed E-state index contributed by atoms with van der Waals surface area (Å²) in [5.74, 6) is 0. The van der Waals surface area contributed by atoms with Crippen LogP contribution < -0.4 is 0 Å². The summed E-state index contributed by atoms with van der Waals surface area (Å²) in [6, 6.07) is 7.78. The van der Waals surface area contributed by atoms with Gasteiger partial charge in [0, 0.05) is 9.89 Å². The largest absolute Gasteiger partial charge is 0.250 e. The van der Waals surface area contributed by atoms with Crippen LogP contribution in [0.5, 0.6) is 0 Å². The highest BCUT2D eigenvalue weighted by atomic mass is 79.9. The SMILES string of the molecule is CC(C)(CF)c1cccc(Br)c1. The molecule has 0 heterocycles. The maximum atomic E-state index is 12.6. The van der Waals surface area contributed by atoms with Gasteiger partial charge in [-0.1, -0.05) is 41.9 Å². The van der Waals surface area contributed by atoms with Crippen LogP contribution in [0.1, 0.15) is 19.4 Å². The van der Waals surface area contributed by atoms with E-state index in [1.165, 1.54) is 0 Å². The summed E-state index contributed by atoms with van der Waals surface area (Å²) in [6.07, 6.45) is 0. The van der Waals surface area contributed by atoms with Crippen molar-refractivity contribution in [2.75, 3.05) is 6.67 Å². The van der Waals surface area contributed by atoms with E-state index in [1.807, 2.05) is 38.1 Å². The molecule has 0 radical (unpaired) electrons. The van der Waals surface area contributed by atoms with Crippen LogP contribution in [-0.2, 0) is 5.41 Å².